The molecule has 12 nitrogen and oxygen atoms in total. The number of hydrogen-bond acceptors (Lipinski definition) is 9. The van der Waals surface area contributed by atoms with Gasteiger partial charge in [0.1, 0.15) is 22.8 Å². The van der Waals surface area contributed by atoms with Gasteiger partial charge < -0.3 is 29.0 Å². The van der Waals surface area contributed by atoms with Crippen molar-refractivity contribution >= 4 is 22.7 Å². The normalized spacial score (nSPS) is 16.4. The second-order valence-corrected chi connectivity index (χ2v) is 12.7. The van der Waals surface area contributed by atoms with E-state index in [0.29, 0.717) is 45.6 Å². The van der Waals surface area contributed by atoms with Crippen LogP contribution >= 0.6 is 0 Å². The number of aromatic nitrogens is 5. The number of nitrogens with one attached hydrogen (secondary N) is 1. The highest BCUT2D eigenvalue weighted by Crippen LogP contribution is 2.30. The third kappa shape index (κ3) is 6.01. The van der Waals surface area contributed by atoms with Gasteiger partial charge in [-0.25, -0.2) is 9.97 Å². The number of aliphatic hydroxyl groups is 1. The van der Waals surface area contributed by atoms with Crippen LogP contribution in [0.25, 0.3) is 22.5 Å². The molecule has 2 N–H and O–H groups in total. The fourth-order valence-corrected chi connectivity index (χ4v) is 7.18. The van der Waals surface area contributed by atoms with Crippen molar-refractivity contribution in [3.05, 3.63) is 98.8 Å². The number of aryl methyl sites for hydroxylation is 3. The number of anilines is 3. The van der Waals surface area contributed by atoms with E-state index in [1.165, 1.54) is 20.4 Å². The predicted octanol–water partition coefficient (Wildman–Crippen LogP) is 3.13. The molecule has 0 saturated carbocycles. The van der Waals surface area contributed by atoms with Gasteiger partial charge in [-0.15, -0.1) is 12.8 Å². The number of ether oxygens (including phenoxy) is 1. The van der Waals surface area contributed by atoms with Crippen molar-refractivity contribution < 1.29 is 9.84 Å². The molecule has 5 aromatic rings. The topological polar surface area (TPSA) is 122 Å². The van der Waals surface area contributed by atoms with Crippen LogP contribution in [-0.4, -0.2) is 78.9 Å². The zero-order valence-corrected chi connectivity index (χ0v) is 27.6. The van der Waals surface area contributed by atoms with Crippen LogP contribution in [0.4, 0.5) is 17.2 Å². The standard InChI is InChI=1S/C35H38N8O4.C2H2/c1-39-19-24(16-29(34(39)45)38-32-7-6-25(18-37-32)40-10-12-41(13-11-40)26-21-47-22-26)27-8-9-36-33(28(27)20-44)43-15-14-42-30-5-3-2-4-23(30)17-31(42)35(43)46;1-2/h6-9,14-19,26,44H,2-5,10-13,20-22H2,1H3,(H,37,38);1-2H. The smallest absolute Gasteiger partial charge is 0.280 e. The summed E-state index contributed by atoms with van der Waals surface area (Å²) >= 11 is 0. The van der Waals surface area contributed by atoms with E-state index in [0.717, 1.165) is 70.8 Å². The molecule has 12 heteroatoms. The van der Waals surface area contributed by atoms with E-state index in [1.807, 2.05) is 35.0 Å². The van der Waals surface area contributed by atoms with Gasteiger partial charge >= 0.3 is 0 Å². The Balaban J connectivity index is 0.00000186. The van der Waals surface area contributed by atoms with Crippen LogP contribution in [0.1, 0.15) is 29.7 Å². The first-order chi connectivity index (χ1) is 24.0. The number of terminal acetylenes is 1. The largest absolute Gasteiger partial charge is 0.392 e. The second-order valence-electron chi connectivity index (χ2n) is 12.7. The van der Waals surface area contributed by atoms with Gasteiger partial charge in [0.2, 0.25) is 0 Å². The molecule has 0 amide bonds. The molecule has 7 heterocycles. The molecule has 2 saturated heterocycles. The monoisotopic (exact) mass is 660 g/mol. The first-order valence-corrected chi connectivity index (χ1v) is 16.7. The Morgan fingerprint density at radius 3 is 2.49 bits per heavy atom. The molecule has 0 unspecified atom stereocenters. The zero-order chi connectivity index (χ0) is 34.1. The van der Waals surface area contributed by atoms with Gasteiger partial charge in [0.15, 0.2) is 0 Å². The molecule has 8 rings (SSSR count). The van der Waals surface area contributed by atoms with Gasteiger partial charge in [-0.05, 0) is 67.1 Å². The lowest BCUT2D eigenvalue weighted by atomic mass is 9.98. The lowest BCUT2D eigenvalue weighted by Crippen LogP contribution is -2.56. The number of piperazine rings is 1. The number of rotatable bonds is 7. The van der Waals surface area contributed by atoms with Gasteiger partial charge in [0, 0.05) is 74.8 Å². The van der Waals surface area contributed by atoms with Crippen LogP contribution < -0.4 is 21.3 Å². The number of aliphatic hydroxyl groups excluding tert-OH is 1. The Kier molecular flexibility index (Phi) is 9.05. The van der Waals surface area contributed by atoms with Crippen LogP contribution in [0.3, 0.4) is 0 Å². The van der Waals surface area contributed by atoms with Crippen LogP contribution in [-0.2, 0) is 31.2 Å². The Morgan fingerprint density at radius 1 is 0.980 bits per heavy atom. The maximum absolute atomic E-state index is 13.7. The van der Waals surface area contributed by atoms with Gasteiger partial charge in [-0.2, -0.15) is 0 Å². The zero-order valence-electron chi connectivity index (χ0n) is 27.6. The van der Waals surface area contributed by atoms with Gasteiger partial charge in [0.25, 0.3) is 11.1 Å². The number of hydrogen-bond donors (Lipinski definition) is 2. The molecule has 2 fully saturated rings. The summed E-state index contributed by atoms with van der Waals surface area (Å²) in [6.07, 6.45) is 21.0. The van der Waals surface area contributed by atoms with E-state index in [4.69, 9.17) is 4.74 Å². The summed E-state index contributed by atoms with van der Waals surface area (Å²) < 4.78 is 10.4. The van der Waals surface area contributed by atoms with Gasteiger partial charge in [-0.3, -0.25) is 19.1 Å². The lowest BCUT2D eigenvalue weighted by Gasteiger charge is -2.43. The van der Waals surface area contributed by atoms with Crippen molar-refractivity contribution in [3.8, 4) is 29.8 Å². The molecule has 0 aromatic carbocycles. The summed E-state index contributed by atoms with van der Waals surface area (Å²) in [7, 11) is 1.69. The molecule has 49 heavy (non-hydrogen) atoms. The van der Waals surface area contributed by atoms with E-state index in [-0.39, 0.29) is 17.7 Å². The van der Waals surface area contributed by atoms with Crippen molar-refractivity contribution in [1.82, 2.24) is 28.4 Å². The summed E-state index contributed by atoms with van der Waals surface area (Å²) in [5.74, 6) is 0.917. The molecule has 0 bridgehead atoms. The van der Waals surface area contributed by atoms with Crippen LogP contribution in [0.5, 0.6) is 0 Å². The Labute approximate surface area is 284 Å². The molecular weight excluding hydrogens is 620 g/mol. The summed E-state index contributed by atoms with van der Waals surface area (Å²) in [6.45, 7) is 5.19. The number of nitrogens with zero attached hydrogens (tertiary/aromatic N) is 7. The second kappa shape index (κ2) is 13.7. The number of fused-ring (bicyclic) bond motifs is 3. The minimum absolute atomic E-state index is 0.187. The molecule has 5 aromatic heterocycles. The molecule has 0 atom stereocenters. The molecule has 0 radical (unpaired) electrons. The summed E-state index contributed by atoms with van der Waals surface area (Å²) in [5.41, 5.74) is 5.89. The summed E-state index contributed by atoms with van der Waals surface area (Å²) in [5, 5.41) is 13.8. The molecule has 2 aliphatic heterocycles. The molecule has 252 valence electrons. The van der Waals surface area contributed by atoms with E-state index in [1.54, 1.807) is 37.8 Å². The maximum atomic E-state index is 13.7. The van der Waals surface area contributed by atoms with E-state index in [9.17, 15) is 14.7 Å². The SMILES string of the molecule is C#C.Cn1cc(-c2ccnc(-n3ccn4c5c(cc4c3=O)CCCC5)c2CO)cc(Nc2ccc(N3CCN(C4COC4)CC3)cn2)c1=O. The Morgan fingerprint density at radius 2 is 1.78 bits per heavy atom. The molecular formula is C37H40N8O4. The average Bonchev–Trinajstić information content (AvgIpc) is 3.50. The van der Waals surface area contributed by atoms with Crippen LogP contribution in [0.15, 0.2) is 70.9 Å². The van der Waals surface area contributed by atoms with E-state index in [2.05, 4.69) is 37.9 Å². The maximum Gasteiger partial charge on any atom is 0.280 e. The highest BCUT2D eigenvalue weighted by Gasteiger charge is 2.29. The van der Waals surface area contributed by atoms with Crippen molar-refractivity contribution in [2.24, 2.45) is 7.05 Å². The van der Waals surface area contributed by atoms with Crippen molar-refractivity contribution in [2.45, 2.75) is 38.3 Å². The Hall–Kier alpha value is -5.22. The van der Waals surface area contributed by atoms with E-state index < -0.39 is 0 Å². The van der Waals surface area contributed by atoms with Gasteiger partial charge in [0.05, 0.1) is 37.7 Å². The minimum Gasteiger partial charge on any atom is -0.392 e. The molecule has 0 spiro atoms. The highest BCUT2D eigenvalue weighted by atomic mass is 16.5. The Bertz CT molecular complexity index is 2120. The van der Waals surface area contributed by atoms with Crippen molar-refractivity contribution in [2.75, 3.05) is 49.6 Å². The number of pyridine rings is 3. The third-order valence-corrected chi connectivity index (χ3v) is 9.88. The molecule has 3 aliphatic rings. The first-order valence-electron chi connectivity index (χ1n) is 16.7. The van der Waals surface area contributed by atoms with Gasteiger partial charge in [-0.1, -0.05) is 0 Å². The van der Waals surface area contributed by atoms with E-state index >= 15 is 0 Å². The fraction of sp³-hybridized carbons (Fsp3) is 0.351. The lowest BCUT2D eigenvalue weighted by molar-refractivity contribution is -0.0660. The van der Waals surface area contributed by atoms with Crippen molar-refractivity contribution in [3.63, 3.8) is 0 Å². The summed E-state index contributed by atoms with van der Waals surface area (Å²) in [6, 6.07) is 10.0. The fourth-order valence-electron chi connectivity index (χ4n) is 7.18. The molecule has 1 aliphatic carbocycles. The quantitative estimate of drug-likeness (QED) is 0.254. The highest BCUT2D eigenvalue weighted by molar-refractivity contribution is 5.73. The van der Waals surface area contributed by atoms with Crippen LogP contribution in [0.2, 0.25) is 0 Å². The van der Waals surface area contributed by atoms with Crippen LogP contribution in [0, 0.1) is 12.8 Å². The van der Waals surface area contributed by atoms with Crippen molar-refractivity contribution in [1.29, 1.82) is 0 Å². The third-order valence-electron chi connectivity index (χ3n) is 9.88. The minimum atomic E-state index is -0.342. The summed E-state index contributed by atoms with van der Waals surface area (Å²) in [4.78, 5) is 41.0. The average molecular weight is 661 g/mol. The first kappa shape index (κ1) is 32.3. The predicted molar refractivity (Wildman–Crippen MR) is 190 cm³/mol.